The smallest absolute Gasteiger partial charge is 0.261 e. The van der Waals surface area contributed by atoms with Crippen molar-refractivity contribution >= 4 is 49.1 Å². The van der Waals surface area contributed by atoms with Crippen molar-refractivity contribution in [2.75, 3.05) is 16.6 Å². The van der Waals surface area contributed by atoms with Crippen LogP contribution in [0.15, 0.2) is 82.2 Å². The lowest BCUT2D eigenvalue weighted by molar-refractivity contribution is -0.128. The van der Waals surface area contributed by atoms with Crippen molar-refractivity contribution < 1.29 is 18.0 Å². The number of benzene rings is 3. The molecule has 33 heavy (non-hydrogen) atoms. The van der Waals surface area contributed by atoms with Gasteiger partial charge in [0, 0.05) is 40.9 Å². The standard InChI is InChI=1S/C24H22BrN3O4S/c25-19-7-9-21(10-8-19)27-33(31,32)22-13-11-20(12-14-22)26-24(30)18-5-3-17(4-6-18)16-28-15-1-2-23(28)29/h3-14,27H,1-2,15-16H2,(H,26,30). The molecule has 9 heteroatoms. The van der Waals surface area contributed by atoms with Gasteiger partial charge >= 0.3 is 0 Å². The van der Waals surface area contributed by atoms with Gasteiger partial charge in [-0.15, -0.1) is 0 Å². The first-order valence-corrected chi connectivity index (χ1v) is 12.6. The van der Waals surface area contributed by atoms with Crippen LogP contribution in [0, 0.1) is 0 Å². The molecule has 4 rings (SSSR count). The van der Waals surface area contributed by atoms with E-state index in [1.807, 2.05) is 17.0 Å². The van der Waals surface area contributed by atoms with Gasteiger partial charge in [-0.05, 0) is 72.6 Å². The molecule has 1 aliphatic heterocycles. The van der Waals surface area contributed by atoms with E-state index in [9.17, 15) is 18.0 Å². The Bertz CT molecular complexity index is 1260. The summed E-state index contributed by atoms with van der Waals surface area (Å²) in [5.41, 5.74) is 2.37. The molecule has 7 nitrogen and oxygen atoms in total. The normalized spacial score (nSPS) is 13.7. The summed E-state index contributed by atoms with van der Waals surface area (Å²) < 4.78 is 28.5. The Labute approximate surface area is 201 Å². The van der Waals surface area contributed by atoms with Gasteiger partial charge in [-0.25, -0.2) is 8.42 Å². The molecule has 0 spiro atoms. The van der Waals surface area contributed by atoms with Crippen molar-refractivity contribution in [3.05, 3.63) is 88.4 Å². The number of anilines is 2. The molecule has 0 aliphatic carbocycles. The first-order chi connectivity index (χ1) is 15.8. The number of nitrogens with one attached hydrogen (secondary N) is 2. The van der Waals surface area contributed by atoms with Crippen LogP contribution in [0.4, 0.5) is 11.4 Å². The lowest BCUT2D eigenvalue weighted by atomic mass is 10.1. The van der Waals surface area contributed by atoms with E-state index in [2.05, 4.69) is 26.0 Å². The molecule has 1 aliphatic rings. The summed E-state index contributed by atoms with van der Waals surface area (Å²) >= 11 is 3.31. The molecule has 0 bridgehead atoms. The highest BCUT2D eigenvalue weighted by molar-refractivity contribution is 9.10. The molecule has 0 unspecified atom stereocenters. The molecular weight excluding hydrogens is 506 g/mol. The fraction of sp³-hybridized carbons (Fsp3) is 0.167. The average Bonchev–Trinajstić information content (AvgIpc) is 3.20. The van der Waals surface area contributed by atoms with Gasteiger partial charge in [-0.2, -0.15) is 0 Å². The molecule has 2 amide bonds. The number of hydrogen-bond donors (Lipinski definition) is 2. The van der Waals surface area contributed by atoms with Crippen molar-refractivity contribution in [3.8, 4) is 0 Å². The predicted molar refractivity (Wildman–Crippen MR) is 130 cm³/mol. The van der Waals surface area contributed by atoms with E-state index in [4.69, 9.17) is 0 Å². The van der Waals surface area contributed by atoms with Crippen LogP contribution in [-0.4, -0.2) is 31.7 Å². The minimum absolute atomic E-state index is 0.0873. The van der Waals surface area contributed by atoms with Crippen LogP contribution in [0.1, 0.15) is 28.8 Å². The van der Waals surface area contributed by atoms with E-state index in [0.29, 0.717) is 29.9 Å². The minimum Gasteiger partial charge on any atom is -0.338 e. The number of carbonyl (C=O) groups is 2. The van der Waals surface area contributed by atoms with Crippen molar-refractivity contribution in [2.24, 2.45) is 0 Å². The monoisotopic (exact) mass is 527 g/mol. The molecule has 0 radical (unpaired) electrons. The molecule has 1 saturated heterocycles. The molecule has 3 aromatic rings. The lowest BCUT2D eigenvalue weighted by Crippen LogP contribution is -2.23. The molecule has 1 heterocycles. The summed E-state index contributed by atoms with van der Waals surface area (Å²) in [4.78, 5) is 26.2. The summed E-state index contributed by atoms with van der Waals surface area (Å²) in [5.74, 6) is -0.142. The van der Waals surface area contributed by atoms with Crippen LogP contribution in [-0.2, 0) is 21.4 Å². The molecule has 3 aromatic carbocycles. The molecule has 170 valence electrons. The largest absolute Gasteiger partial charge is 0.338 e. The van der Waals surface area contributed by atoms with Crippen molar-refractivity contribution in [1.29, 1.82) is 0 Å². The van der Waals surface area contributed by atoms with Crippen LogP contribution in [0.2, 0.25) is 0 Å². The summed E-state index contributed by atoms with van der Waals surface area (Å²) in [5, 5.41) is 2.77. The molecule has 0 aromatic heterocycles. The summed E-state index contributed by atoms with van der Waals surface area (Å²) in [6, 6.07) is 19.9. The number of amides is 2. The maximum Gasteiger partial charge on any atom is 0.261 e. The molecule has 2 N–H and O–H groups in total. The Morgan fingerprint density at radius 3 is 2.15 bits per heavy atom. The zero-order chi connectivity index (χ0) is 23.4. The van der Waals surface area contributed by atoms with Gasteiger partial charge in [-0.1, -0.05) is 28.1 Å². The van der Waals surface area contributed by atoms with Gasteiger partial charge in [0.25, 0.3) is 15.9 Å². The fourth-order valence-corrected chi connectivity index (χ4v) is 4.83. The summed E-state index contributed by atoms with van der Waals surface area (Å²) in [6.07, 6.45) is 1.49. The molecular formula is C24H22BrN3O4S. The highest BCUT2D eigenvalue weighted by atomic mass is 79.9. The predicted octanol–water partition coefficient (Wildman–Crippen LogP) is 4.62. The van der Waals surface area contributed by atoms with E-state index in [-0.39, 0.29) is 16.7 Å². The van der Waals surface area contributed by atoms with Crippen LogP contribution in [0.3, 0.4) is 0 Å². The van der Waals surface area contributed by atoms with Crippen LogP contribution < -0.4 is 10.0 Å². The average molecular weight is 528 g/mol. The number of nitrogens with zero attached hydrogens (tertiary/aromatic N) is 1. The fourth-order valence-electron chi connectivity index (χ4n) is 3.51. The van der Waals surface area contributed by atoms with Crippen LogP contribution >= 0.6 is 15.9 Å². The zero-order valence-electron chi connectivity index (χ0n) is 17.6. The van der Waals surface area contributed by atoms with Gasteiger partial charge in [0.15, 0.2) is 0 Å². The van der Waals surface area contributed by atoms with Crippen molar-refractivity contribution in [2.45, 2.75) is 24.3 Å². The van der Waals surface area contributed by atoms with E-state index in [0.717, 1.165) is 23.0 Å². The Morgan fingerprint density at radius 1 is 0.909 bits per heavy atom. The number of sulfonamides is 1. The first kappa shape index (κ1) is 23.0. The summed E-state index contributed by atoms with van der Waals surface area (Å²) in [7, 11) is -3.75. The summed E-state index contributed by atoms with van der Waals surface area (Å²) in [6.45, 7) is 1.32. The topological polar surface area (TPSA) is 95.6 Å². The Morgan fingerprint density at radius 2 is 1.55 bits per heavy atom. The van der Waals surface area contributed by atoms with Gasteiger partial charge in [0.2, 0.25) is 5.91 Å². The van der Waals surface area contributed by atoms with Gasteiger partial charge < -0.3 is 10.2 Å². The first-order valence-electron chi connectivity index (χ1n) is 10.4. The van der Waals surface area contributed by atoms with Crippen LogP contribution in [0.5, 0.6) is 0 Å². The van der Waals surface area contributed by atoms with E-state index in [1.165, 1.54) is 12.1 Å². The van der Waals surface area contributed by atoms with E-state index < -0.39 is 10.0 Å². The molecule has 0 atom stereocenters. The third kappa shape index (κ3) is 5.80. The van der Waals surface area contributed by atoms with Crippen LogP contribution in [0.25, 0.3) is 0 Å². The quantitative estimate of drug-likeness (QED) is 0.468. The third-order valence-electron chi connectivity index (χ3n) is 5.28. The highest BCUT2D eigenvalue weighted by Crippen LogP contribution is 2.21. The molecule has 0 saturated carbocycles. The van der Waals surface area contributed by atoms with Gasteiger partial charge in [0.1, 0.15) is 0 Å². The number of carbonyl (C=O) groups excluding carboxylic acids is 2. The van der Waals surface area contributed by atoms with Crippen molar-refractivity contribution in [3.63, 3.8) is 0 Å². The second-order valence-corrected chi connectivity index (χ2v) is 10.3. The number of likely N-dealkylation sites (tertiary alicyclic amines) is 1. The molecule has 1 fully saturated rings. The van der Waals surface area contributed by atoms with Gasteiger partial charge in [0.05, 0.1) is 4.90 Å². The third-order valence-corrected chi connectivity index (χ3v) is 7.21. The van der Waals surface area contributed by atoms with Crippen molar-refractivity contribution in [1.82, 2.24) is 4.90 Å². The minimum atomic E-state index is -3.75. The Kier molecular flexibility index (Phi) is 6.80. The second-order valence-electron chi connectivity index (χ2n) is 7.71. The number of rotatable bonds is 7. The van der Waals surface area contributed by atoms with E-state index >= 15 is 0 Å². The van der Waals surface area contributed by atoms with E-state index in [1.54, 1.807) is 48.5 Å². The highest BCUT2D eigenvalue weighted by Gasteiger charge is 2.20. The second kappa shape index (κ2) is 9.76. The Balaban J connectivity index is 1.37. The number of hydrogen-bond acceptors (Lipinski definition) is 4. The lowest BCUT2D eigenvalue weighted by Gasteiger charge is -2.15. The number of halogens is 1. The zero-order valence-corrected chi connectivity index (χ0v) is 20.0. The Hall–Kier alpha value is -3.17. The maximum absolute atomic E-state index is 12.6. The SMILES string of the molecule is O=C(Nc1ccc(S(=O)(=O)Nc2ccc(Br)cc2)cc1)c1ccc(CN2CCCC2=O)cc1. The van der Waals surface area contributed by atoms with Gasteiger partial charge in [-0.3, -0.25) is 14.3 Å². The maximum atomic E-state index is 12.6.